The Balaban J connectivity index is 1.96. The molecule has 0 bridgehead atoms. The van der Waals surface area contributed by atoms with E-state index in [9.17, 15) is 9.59 Å². The molecule has 2 rings (SSSR count). The van der Waals surface area contributed by atoms with Gasteiger partial charge in [-0.05, 0) is 43.9 Å². The van der Waals surface area contributed by atoms with Crippen molar-refractivity contribution in [1.82, 2.24) is 5.32 Å². The van der Waals surface area contributed by atoms with Crippen molar-refractivity contribution in [2.45, 2.75) is 83.1 Å². The first-order valence-electron chi connectivity index (χ1n) is 8.02. The third-order valence-electron chi connectivity index (χ3n) is 5.37. The van der Waals surface area contributed by atoms with Gasteiger partial charge < -0.3 is 10.4 Å². The third kappa shape index (κ3) is 3.53. The standard InChI is InChI=1S/C16H27NO3/c1-2-16(9-6-10-16)17-13(18)11-15(12-14(19)20)7-4-3-5-8-15/h2-12H2,1H3,(H,17,18)(H,19,20). The minimum atomic E-state index is -0.770. The van der Waals surface area contributed by atoms with E-state index in [4.69, 9.17) is 5.11 Å². The Bertz CT molecular complexity index is 362. The molecule has 114 valence electrons. The Morgan fingerprint density at radius 2 is 1.65 bits per heavy atom. The van der Waals surface area contributed by atoms with Crippen molar-refractivity contribution in [2.75, 3.05) is 0 Å². The maximum atomic E-state index is 12.4. The number of amides is 1. The summed E-state index contributed by atoms with van der Waals surface area (Å²) in [4.78, 5) is 23.5. The maximum Gasteiger partial charge on any atom is 0.303 e. The van der Waals surface area contributed by atoms with Gasteiger partial charge in [0.15, 0.2) is 0 Å². The topological polar surface area (TPSA) is 66.4 Å². The van der Waals surface area contributed by atoms with Gasteiger partial charge in [-0.2, -0.15) is 0 Å². The van der Waals surface area contributed by atoms with Crippen LogP contribution in [0.15, 0.2) is 0 Å². The Kier molecular flexibility index (Phi) is 4.71. The van der Waals surface area contributed by atoms with Crippen LogP contribution in [0.3, 0.4) is 0 Å². The molecule has 0 spiro atoms. The Labute approximate surface area is 121 Å². The predicted octanol–water partition coefficient (Wildman–Crippen LogP) is 3.25. The van der Waals surface area contributed by atoms with Gasteiger partial charge in [-0.15, -0.1) is 0 Å². The van der Waals surface area contributed by atoms with Crippen molar-refractivity contribution in [3.63, 3.8) is 0 Å². The van der Waals surface area contributed by atoms with Gasteiger partial charge in [0.25, 0.3) is 0 Å². The molecule has 2 saturated carbocycles. The molecule has 2 aliphatic rings. The number of rotatable bonds is 6. The van der Waals surface area contributed by atoms with Gasteiger partial charge in [-0.3, -0.25) is 9.59 Å². The summed E-state index contributed by atoms with van der Waals surface area (Å²) in [7, 11) is 0. The number of nitrogens with one attached hydrogen (secondary N) is 1. The molecule has 0 aromatic carbocycles. The summed E-state index contributed by atoms with van der Waals surface area (Å²) in [5.41, 5.74) is -0.289. The zero-order valence-corrected chi connectivity index (χ0v) is 12.5. The molecule has 0 radical (unpaired) electrons. The summed E-state index contributed by atoms with van der Waals surface area (Å²) >= 11 is 0. The van der Waals surface area contributed by atoms with Crippen LogP contribution in [0, 0.1) is 5.41 Å². The molecule has 4 heteroatoms. The highest BCUT2D eigenvalue weighted by Crippen LogP contribution is 2.43. The van der Waals surface area contributed by atoms with Crippen LogP contribution in [0.4, 0.5) is 0 Å². The lowest BCUT2D eigenvalue weighted by Crippen LogP contribution is -2.54. The molecule has 0 unspecified atom stereocenters. The zero-order valence-electron chi connectivity index (χ0n) is 12.5. The molecule has 1 amide bonds. The van der Waals surface area contributed by atoms with Crippen molar-refractivity contribution in [3.8, 4) is 0 Å². The van der Waals surface area contributed by atoms with E-state index in [0.29, 0.717) is 6.42 Å². The lowest BCUT2D eigenvalue weighted by molar-refractivity contribution is -0.141. The number of aliphatic carboxylic acids is 1. The average molecular weight is 281 g/mol. The summed E-state index contributed by atoms with van der Waals surface area (Å²) < 4.78 is 0. The van der Waals surface area contributed by atoms with Crippen molar-refractivity contribution in [3.05, 3.63) is 0 Å². The van der Waals surface area contributed by atoms with Gasteiger partial charge >= 0.3 is 5.97 Å². The van der Waals surface area contributed by atoms with Crippen LogP contribution >= 0.6 is 0 Å². The predicted molar refractivity (Wildman–Crippen MR) is 77.4 cm³/mol. The molecular formula is C16H27NO3. The lowest BCUT2D eigenvalue weighted by Gasteiger charge is -2.43. The first-order chi connectivity index (χ1) is 9.49. The van der Waals surface area contributed by atoms with Crippen molar-refractivity contribution in [2.24, 2.45) is 5.41 Å². The summed E-state index contributed by atoms with van der Waals surface area (Å²) in [6.07, 6.45) is 9.88. The van der Waals surface area contributed by atoms with Gasteiger partial charge in [0.05, 0.1) is 6.42 Å². The lowest BCUT2D eigenvalue weighted by atomic mass is 9.69. The number of carboxylic acid groups (broad SMARTS) is 1. The van der Waals surface area contributed by atoms with Crippen LogP contribution in [-0.4, -0.2) is 22.5 Å². The quantitative estimate of drug-likeness (QED) is 0.785. The molecule has 20 heavy (non-hydrogen) atoms. The van der Waals surface area contributed by atoms with E-state index < -0.39 is 5.97 Å². The van der Waals surface area contributed by atoms with Gasteiger partial charge in [0.2, 0.25) is 5.91 Å². The Morgan fingerprint density at radius 3 is 2.10 bits per heavy atom. The summed E-state index contributed by atoms with van der Waals surface area (Å²) in [6, 6.07) is 0. The van der Waals surface area contributed by atoms with Crippen LogP contribution in [0.25, 0.3) is 0 Å². The third-order valence-corrected chi connectivity index (χ3v) is 5.37. The Hall–Kier alpha value is -1.06. The summed E-state index contributed by atoms with van der Waals surface area (Å²) in [6.45, 7) is 2.12. The molecular weight excluding hydrogens is 254 g/mol. The van der Waals surface area contributed by atoms with Crippen LogP contribution < -0.4 is 5.32 Å². The molecule has 0 atom stereocenters. The van der Waals surface area contributed by atoms with E-state index in [0.717, 1.165) is 44.9 Å². The second-order valence-electron chi connectivity index (χ2n) is 6.84. The first kappa shape index (κ1) is 15.3. The Morgan fingerprint density at radius 1 is 1.00 bits per heavy atom. The molecule has 0 saturated heterocycles. The van der Waals surface area contributed by atoms with Gasteiger partial charge in [-0.25, -0.2) is 0 Å². The van der Waals surface area contributed by atoms with Gasteiger partial charge in [0.1, 0.15) is 0 Å². The number of hydrogen-bond donors (Lipinski definition) is 2. The smallest absolute Gasteiger partial charge is 0.303 e. The number of carboxylic acids is 1. The van der Waals surface area contributed by atoms with Gasteiger partial charge in [0, 0.05) is 12.0 Å². The van der Waals surface area contributed by atoms with E-state index >= 15 is 0 Å². The minimum Gasteiger partial charge on any atom is -0.481 e. The molecule has 0 heterocycles. The molecule has 2 fully saturated rings. The van der Waals surface area contributed by atoms with Gasteiger partial charge in [-0.1, -0.05) is 26.2 Å². The first-order valence-corrected chi connectivity index (χ1v) is 8.02. The van der Waals surface area contributed by atoms with Crippen LogP contribution in [0.1, 0.15) is 77.6 Å². The highest BCUT2D eigenvalue weighted by Gasteiger charge is 2.40. The molecule has 0 aromatic rings. The molecule has 0 aromatic heterocycles. The van der Waals surface area contributed by atoms with E-state index in [2.05, 4.69) is 12.2 Å². The summed E-state index contributed by atoms with van der Waals surface area (Å²) in [5.74, 6) is -0.705. The maximum absolute atomic E-state index is 12.4. The zero-order chi connectivity index (χ0) is 14.6. The molecule has 2 N–H and O–H groups in total. The van der Waals surface area contributed by atoms with Crippen molar-refractivity contribution >= 4 is 11.9 Å². The fourth-order valence-corrected chi connectivity index (χ4v) is 3.89. The highest BCUT2D eigenvalue weighted by atomic mass is 16.4. The molecule has 2 aliphatic carbocycles. The second kappa shape index (κ2) is 6.15. The van der Waals surface area contributed by atoms with Crippen molar-refractivity contribution < 1.29 is 14.7 Å². The molecule has 0 aliphatic heterocycles. The number of carbonyl (C=O) groups excluding carboxylic acids is 1. The van der Waals surface area contributed by atoms with E-state index in [-0.39, 0.29) is 23.3 Å². The molecule has 4 nitrogen and oxygen atoms in total. The number of hydrogen-bond acceptors (Lipinski definition) is 2. The monoisotopic (exact) mass is 281 g/mol. The fraction of sp³-hybridized carbons (Fsp3) is 0.875. The number of carbonyl (C=O) groups is 2. The van der Waals surface area contributed by atoms with E-state index in [1.165, 1.54) is 12.8 Å². The van der Waals surface area contributed by atoms with Crippen LogP contribution in [-0.2, 0) is 9.59 Å². The van der Waals surface area contributed by atoms with Crippen molar-refractivity contribution in [1.29, 1.82) is 0 Å². The average Bonchev–Trinajstić information content (AvgIpc) is 2.33. The van der Waals surface area contributed by atoms with Crippen LogP contribution in [0.2, 0.25) is 0 Å². The van der Waals surface area contributed by atoms with E-state index in [1.807, 2.05) is 0 Å². The minimum absolute atomic E-state index is 0.0101. The second-order valence-corrected chi connectivity index (χ2v) is 6.84. The fourth-order valence-electron chi connectivity index (χ4n) is 3.89. The largest absolute Gasteiger partial charge is 0.481 e. The highest BCUT2D eigenvalue weighted by molar-refractivity contribution is 5.79. The van der Waals surface area contributed by atoms with Crippen LogP contribution in [0.5, 0.6) is 0 Å². The summed E-state index contributed by atoms with van der Waals surface area (Å²) in [5, 5.41) is 12.3. The van der Waals surface area contributed by atoms with E-state index in [1.54, 1.807) is 0 Å². The normalized spacial score (nSPS) is 23.6. The SMILES string of the molecule is CCC1(NC(=O)CC2(CC(=O)O)CCCCC2)CCC1.